The first-order chi connectivity index (χ1) is 6.96. The van der Waals surface area contributed by atoms with Crippen molar-refractivity contribution in [3.05, 3.63) is 0 Å². The number of amides is 1. The summed E-state index contributed by atoms with van der Waals surface area (Å²) in [4.78, 5) is 11.9. The van der Waals surface area contributed by atoms with Gasteiger partial charge in [-0.1, -0.05) is 0 Å². The molecule has 1 rings (SSSR count). The highest BCUT2D eigenvalue weighted by molar-refractivity contribution is 7.99. The maximum absolute atomic E-state index is 12.7. The zero-order chi connectivity index (χ0) is 11.5. The van der Waals surface area contributed by atoms with Crippen LogP contribution in [0.15, 0.2) is 0 Å². The van der Waals surface area contributed by atoms with Crippen LogP contribution in [0, 0.1) is 0 Å². The Morgan fingerprint density at radius 3 is 2.53 bits per heavy atom. The summed E-state index contributed by atoms with van der Waals surface area (Å²) in [5.41, 5.74) is 0. The highest BCUT2D eigenvalue weighted by Crippen LogP contribution is 2.26. The zero-order valence-corrected chi connectivity index (χ0v) is 8.70. The minimum absolute atomic E-state index is 0.117. The Morgan fingerprint density at radius 1 is 1.27 bits per heavy atom. The molecule has 1 saturated heterocycles. The van der Waals surface area contributed by atoms with Crippen LogP contribution in [0.2, 0.25) is 0 Å². The van der Waals surface area contributed by atoms with Crippen molar-refractivity contribution in [3.63, 3.8) is 0 Å². The molecule has 1 aliphatic heterocycles. The lowest BCUT2D eigenvalue weighted by Gasteiger charge is -2.24. The molecular weight excluding hydrogens is 234 g/mol. The lowest BCUT2D eigenvalue weighted by Crippen LogP contribution is -2.48. The number of hydrogen-bond donors (Lipinski definition) is 0. The van der Waals surface area contributed by atoms with Crippen LogP contribution >= 0.6 is 11.8 Å². The summed E-state index contributed by atoms with van der Waals surface area (Å²) in [6, 6.07) is 0. The van der Waals surface area contributed by atoms with Gasteiger partial charge in [-0.15, -0.1) is 0 Å². The molecule has 0 bridgehead atoms. The van der Waals surface area contributed by atoms with E-state index in [0.29, 0.717) is 12.2 Å². The second-order valence-corrected chi connectivity index (χ2v) is 4.41. The number of hydrogen-bond acceptors (Lipinski definition) is 2. The third-order valence-electron chi connectivity index (χ3n) is 2.07. The summed E-state index contributed by atoms with van der Waals surface area (Å²) in [7, 11) is 0. The Kier molecular flexibility index (Phi) is 4.24. The fourth-order valence-corrected chi connectivity index (χ4v) is 2.14. The van der Waals surface area contributed by atoms with E-state index in [1.165, 1.54) is 11.8 Å². The number of halogens is 4. The van der Waals surface area contributed by atoms with Crippen LogP contribution in [0.3, 0.4) is 0 Å². The summed E-state index contributed by atoms with van der Waals surface area (Å²) in [6.07, 6.45) is -3.36. The van der Waals surface area contributed by atoms with Crippen LogP contribution in [0.25, 0.3) is 0 Å². The first kappa shape index (κ1) is 12.6. The van der Waals surface area contributed by atoms with E-state index >= 15 is 0 Å². The molecule has 0 saturated carbocycles. The summed E-state index contributed by atoms with van der Waals surface area (Å²) in [6.45, 7) is 0.250. The van der Waals surface area contributed by atoms with Gasteiger partial charge >= 0.3 is 12.3 Å². The van der Waals surface area contributed by atoms with Crippen molar-refractivity contribution < 1.29 is 22.4 Å². The van der Waals surface area contributed by atoms with Gasteiger partial charge in [0.25, 0.3) is 5.91 Å². The van der Waals surface area contributed by atoms with Crippen molar-refractivity contribution in [1.29, 1.82) is 0 Å². The van der Waals surface area contributed by atoms with Crippen LogP contribution < -0.4 is 0 Å². The van der Waals surface area contributed by atoms with Gasteiger partial charge in [-0.25, -0.2) is 8.78 Å². The van der Waals surface area contributed by atoms with E-state index in [1.54, 1.807) is 0 Å². The monoisotopic (exact) mass is 245 g/mol. The molecule has 0 aromatic carbocycles. The van der Waals surface area contributed by atoms with E-state index in [4.69, 9.17) is 0 Å². The number of carbonyl (C=O) groups excluding carboxylic acids is 1. The van der Waals surface area contributed by atoms with Crippen molar-refractivity contribution in [3.8, 4) is 0 Å². The Balaban J connectivity index is 2.65. The third kappa shape index (κ3) is 2.99. The first-order valence-corrected chi connectivity index (χ1v) is 5.65. The standard InChI is InChI=1S/C8H11F4NOS/c9-6(10)8(11,12)7(14)13-2-1-4-15-5-3-13/h6H,1-5H2. The first-order valence-electron chi connectivity index (χ1n) is 4.49. The lowest BCUT2D eigenvalue weighted by atomic mass is 10.2. The molecule has 0 atom stereocenters. The average Bonchev–Trinajstić information content (AvgIpc) is 2.44. The highest BCUT2D eigenvalue weighted by Gasteiger charge is 2.51. The molecule has 0 radical (unpaired) electrons. The molecule has 0 aromatic rings. The predicted octanol–water partition coefficient (Wildman–Crippen LogP) is 1.85. The van der Waals surface area contributed by atoms with Gasteiger partial charge in [-0.05, 0) is 12.2 Å². The van der Waals surface area contributed by atoms with Crippen molar-refractivity contribution in [2.45, 2.75) is 18.8 Å². The number of carbonyl (C=O) groups is 1. The molecule has 88 valence electrons. The predicted molar refractivity (Wildman–Crippen MR) is 49.5 cm³/mol. The van der Waals surface area contributed by atoms with Crippen LogP contribution in [0.1, 0.15) is 6.42 Å². The Morgan fingerprint density at radius 2 is 1.93 bits per heavy atom. The molecule has 0 aromatic heterocycles. The van der Waals surface area contributed by atoms with E-state index < -0.39 is 18.3 Å². The van der Waals surface area contributed by atoms with Crippen LogP contribution in [-0.4, -0.2) is 47.8 Å². The molecule has 0 N–H and O–H groups in total. The third-order valence-corrected chi connectivity index (χ3v) is 3.12. The second kappa shape index (κ2) is 5.05. The largest absolute Gasteiger partial charge is 0.383 e. The Hall–Kier alpha value is -0.460. The normalized spacial score (nSPS) is 19.1. The topological polar surface area (TPSA) is 20.3 Å². The summed E-state index contributed by atoms with van der Waals surface area (Å²) in [5, 5.41) is 0. The molecule has 0 unspecified atom stereocenters. The van der Waals surface area contributed by atoms with Gasteiger partial charge in [0.1, 0.15) is 0 Å². The van der Waals surface area contributed by atoms with Crippen LogP contribution in [-0.2, 0) is 4.79 Å². The van der Waals surface area contributed by atoms with Gasteiger partial charge in [0.15, 0.2) is 0 Å². The molecule has 0 spiro atoms. The molecule has 1 heterocycles. The average molecular weight is 245 g/mol. The molecule has 0 aliphatic carbocycles. The minimum Gasteiger partial charge on any atom is -0.336 e. The maximum atomic E-state index is 12.7. The number of alkyl halides is 4. The van der Waals surface area contributed by atoms with Gasteiger partial charge < -0.3 is 4.90 Å². The van der Waals surface area contributed by atoms with E-state index in [1.807, 2.05) is 0 Å². The number of thioether (sulfide) groups is 1. The molecule has 1 amide bonds. The van der Waals surface area contributed by atoms with Crippen molar-refractivity contribution >= 4 is 17.7 Å². The van der Waals surface area contributed by atoms with Gasteiger partial charge in [0.2, 0.25) is 0 Å². The van der Waals surface area contributed by atoms with Gasteiger partial charge in [-0.3, -0.25) is 4.79 Å². The quantitative estimate of drug-likeness (QED) is 0.692. The minimum atomic E-state index is -4.55. The zero-order valence-electron chi connectivity index (χ0n) is 7.89. The van der Waals surface area contributed by atoms with E-state index in [2.05, 4.69) is 0 Å². The SMILES string of the molecule is O=C(N1CCCSCC1)C(F)(F)C(F)F. The fourth-order valence-electron chi connectivity index (χ4n) is 1.25. The molecule has 2 nitrogen and oxygen atoms in total. The number of nitrogens with zero attached hydrogens (tertiary/aromatic N) is 1. The molecule has 7 heteroatoms. The summed E-state index contributed by atoms with van der Waals surface area (Å²) in [5.74, 6) is -5.01. The van der Waals surface area contributed by atoms with Crippen molar-refractivity contribution in [2.24, 2.45) is 0 Å². The van der Waals surface area contributed by atoms with Crippen LogP contribution in [0.4, 0.5) is 17.6 Å². The van der Waals surface area contributed by atoms with Gasteiger partial charge in [0, 0.05) is 18.8 Å². The summed E-state index contributed by atoms with van der Waals surface area (Å²) >= 11 is 1.53. The lowest BCUT2D eigenvalue weighted by molar-refractivity contribution is -0.180. The molecule has 1 aliphatic rings. The Bertz CT molecular complexity index is 229. The molecule has 1 fully saturated rings. The summed E-state index contributed by atoms with van der Waals surface area (Å²) < 4.78 is 49.3. The van der Waals surface area contributed by atoms with Crippen LogP contribution in [0.5, 0.6) is 0 Å². The van der Waals surface area contributed by atoms with E-state index in [9.17, 15) is 22.4 Å². The van der Waals surface area contributed by atoms with Gasteiger partial charge in [0.05, 0.1) is 0 Å². The van der Waals surface area contributed by atoms with Crippen molar-refractivity contribution in [1.82, 2.24) is 4.90 Å². The maximum Gasteiger partial charge on any atom is 0.383 e. The second-order valence-electron chi connectivity index (χ2n) is 3.18. The van der Waals surface area contributed by atoms with Gasteiger partial charge in [-0.2, -0.15) is 20.5 Å². The smallest absolute Gasteiger partial charge is 0.336 e. The number of rotatable bonds is 2. The van der Waals surface area contributed by atoms with E-state index in [0.717, 1.165) is 10.7 Å². The Labute approximate surface area is 89.0 Å². The van der Waals surface area contributed by atoms with E-state index in [-0.39, 0.29) is 13.1 Å². The van der Waals surface area contributed by atoms with Crippen molar-refractivity contribution in [2.75, 3.05) is 24.6 Å². The highest BCUT2D eigenvalue weighted by atomic mass is 32.2. The fraction of sp³-hybridized carbons (Fsp3) is 0.875. The molecular formula is C8H11F4NOS. The molecule has 15 heavy (non-hydrogen) atoms.